The number of ether oxygens (including phenoxy) is 1. The van der Waals surface area contributed by atoms with Crippen molar-refractivity contribution in [1.29, 1.82) is 0 Å². The van der Waals surface area contributed by atoms with E-state index in [1.165, 1.54) is 0 Å². The van der Waals surface area contributed by atoms with Crippen LogP contribution in [-0.2, 0) is 14.3 Å². The molecular formula is C14H20O5. The summed E-state index contributed by atoms with van der Waals surface area (Å²) in [6, 6.07) is 0. The third kappa shape index (κ3) is 3.35. The summed E-state index contributed by atoms with van der Waals surface area (Å²) < 4.78 is 5.70. The summed E-state index contributed by atoms with van der Waals surface area (Å²) in [6.07, 6.45) is 8.10. The zero-order valence-corrected chi connectivity index (χ0v) is 10.8. The Bertz CT molecular complexity index is 376. The Morgan fingerprint density at radius 2 is 1.89 bits per heavy atom. The van der Waals surface area contributed by atoms with Crippen molar-refractivity contribution in [3.05, 3.63) is 12.2 Å². The largest absolute Gasteiger partial charge is 0.481 e. The molecular weight excluding hydrogens is 248 g/mol. The average Bonchev–Trinajstić information content (AvgIpc) is 2.93. The van der Waals surface area contributed by atoms with Gasteiger partial charge in [0.15, 0.2) is 0 Å². The summed E-state index contributed by atoms with van der Waals surface area (Å²) >= 11 is 0. The molecule has 2 heterocycles. The van der Waals surface area contributed by atoms with E-state index in [0.29, 0.717) is 0 Å². The smallest absolute Gasteiger partial charge is 0.327 e. The van der Waals surface area contributed by atoms with Gasteiger partial charge >= 0.3 is 11.9 Å². The van der Waals surface area contributed by atoms with Gasteiger partial charge in [0.25, 0.3) is 0 Å². The molecule has 0 aliphatic carbocycles. The van der Waals surface area contributed by atoms with Crippen LogP contribution >= 0.6 is 0 Å². The Hall–Kier alpha value is -1.36. The first-order valence-corrected chi connectivity index (χ1v) is 6.87. The van der Waals surface area contributed by atoms with E-state index in [0.717, 1.165) is 44.6 Å². The molecule has 5 nitrogen and oxygen atoms in total. The van der Waals surface area contributed by atoms with Crippen LogP contribution in [-0.4, -0.2) is 34.4 Å². The van der Waals surface area contributed by atoms with Crippen LogP contribution in [0.25, 0.3) is 0 Å². The molecule has 0 amide bonds. The summed E-state index contributed by atoms with van der Waals surface area (Å²) in [6.45, 7) is 0. The van der Waals surface area contributed by atoms with Crippen LogP contribution in [0.4, 0.5) is 0 Å². The molecule has 0 aromatic rings. The summed E-state index contributed by atoms with van der Waals surface area (Å²) in [5.74, 6) is -1.86. The Labute approximate surface area is 112 Å². The van der Waals surface area contributed by atoms with Crippen molar-refractivity contribution < 1.29 is 24.5 Å². The normalized spacial score (nSPS) is 33.1. The maximum Gasteiger partial charge on any atom is 0.327 e. The monoisotopic (exact) mass is 268 g/mol. The molecule has 0 saturated carbocycles. The van der Waals surface area contributed by atoms with E-state index in [-0.39, 0.29) is 24.0 Å². The van der Waals surface area contributed by atoms with Crippen molar-refractivity contribution in [2.45, 2.75) is 50.7 Å². The molecule has 0 radical (unpaired) electrons. The highest BCUT2D eigenvalue weighted by Crippen LogP contribution is 2.45. The number of hydrogen-bond donors (Lipinski definition) is 2. The Kier molecular flexibility index (Phi) is 4.58. The number of hydrogen-bond acceptors (Lipinski definition) is 3. The van der Waals surface area contributed by atoms with Crippen LogP contribution in [0.1, 0.15) is 38.5 Å². The molecule has 0 aromatic carbocycles. The van der Waals surface area contributed by atoms with Gasteiger partial charge in [-0.2, -0.15) is 0 Å². The van der Waals surface area contributed by atoms with E-state index >= 15 is 0 Å². The molecule has 0 spiro atoms. The lowest BCUT2D eigenvalue weighted by Gasteiger charge is -2.24. The second-order valence-electron chi connectivity index (χ2n) is 5.34. The zero-order valence-electron chi connectivity index (χ0n) is 10.8. The van der Waals surface area contributed by atoms with Crippen LogP contribution in [0.15, 0.2) is 12.2 Å². The molecule has 2 aliphatic rings. The van der Waals surface area contributed by atoms with Gasteiger partial charge in [0.05, 0.1) is 18.1 Å². The minimum Gasteiger partial charge on any atom is -0.481 e. The van der Waals surface area contributed by atoms with Crippen LogP contribution in [0, 0.1) is 11.8 Å². The van der Waals surface area contributed by atoms with Crippen molar-refractivity contribution in [2.24, 2.45) is 11.8 Å². The summed E-state index contributed by atoms with van der Waals surface area (Å²) in [5, 5.41) is 17.7. The number of rotatable bonds is 7. The summed E-state index contributed by atoms with van der Waals surface area (Å²) in [5.41, 5.74) is 0. The Balaban J connectivity index is 1.73. The Morgan fingerprint density at radius 3 is 2.58 bits per heavy atom. The van der Waals surface area contributed by atoms with Crippen molar-refractivity contribution in [3.63, 3.8) is 0 Å². The number of allylic oxidation sites excluding steroid dienone is 1. The molecule has 2 aliphatic heterocycles. The highest BCUT2D eigenvalue weighted by Gasteiger charge is 2.51. The van der Waals surface area contributed by atoms with Crippen LogP contribution in [0.2, 0.25) is 0 Å². The molecule has 106 valence electrons. The van der Waals surface area contributed by atoms with Gasteiger partial charge in [-0.3, -0.25) is 4.79 Å². The molecule has 4 atom stereocenters. The van der Waals surface area contributed by atoms with Crippen molar-refractivity contribution in [2.75, 3.05) is 0 Å². The van der Waals surface area contributed by atoms with Gasteiger partial charge in [-0.05, 0) is 32.1 Å². The van der Waals surface area contributed by atoms with Gasteiger partial charge in [-0.15, -0.1) is 0 Å². The van der Waals surface area contributed by atoms with Gasteiger partial charge in [-0.25, -0.2) is 4.79 Å². The molecule has 0 unspecified atom stereocenters. The van der Waals surface area contributed by atoms with Gasteiger partial charge < -0.3 is 14.9 Å². The van der Waals surface area contributed by atoms with E-state index in [1.54, 1.807) is 6.08 Å². The Morgan fingerprint density at radius 1 is 1.16 bits per heavy atom. The first-order valence-electron chi connectivity index (χ1n) is 6.87. The lowest BCUT2D eigenvalue weighted by atomic mass is 9.77. The number of carbonyl (C=O) groups is 2. The number of fused-ring (bicyclic) bond motifs is 2. The van der Waals surface area contributed by atoms with E-state index in [2.05, 4.69) is 0 Å². The average molecular weight is 268 g/mol. The predicted octanol–water partition coefficient (Wildman–Crippen LogP) is 2.07. The van der Waals surface area contributed by atoms with E-state index in [9.17, 15) is 14.7 Å². The van der Waals surface area contributed by atoms with Gasteiger partial charge in [0, 0.05) is 12.0 Å². The van der Waals surface area contributed by atoms with Crippen molar-refractivity contribution in [1.82, 2.24) is 0 Å². The lowest BCUT2D eigenvalue weighted by molar-refractivity contribution is -0.145. The molecule has 2 bridgehead atoms. The van der Waals surface area contributed by atoms with Gasteiger partial charge in [0.2, 0.25) is 0 Å². The minimum absolute atomic E-state index is 0.0839. The maximum absolute atomic E-state index is 11.3. The van der Waals surface area contributed by atoms with Gasteiger partial charge in [0.1, 0.15) is 0 Å². The lowest BCUT2D eigenvalue weighted by Crippen LogP contribution is -2.33. The first-order chi connectivity index (χ1) is 9.09. The molecule has 2 N–H and O–H groups in total. The molecule has 2 fully saturated rings. The summed E-state index contributed by atoms with van der Waals surface area (Å²) in [7, 11) is 0. The second kappa shape index (κ2) is 6.19. The standard InChI is InChI=1S/C14H20O5/c15-12(16)6-4-2-1-3-5-9-10-7-8-11(19-10)13(9)14(17)18/h4,6,9-11,13H,1-3,5,7-8H2,(H,15,16)(H,17,18)/b6-4+/t9-,10+,11-,13-/m1/s1. The topological polar surface area (TPSA) is 83.8 Å². The van der Waals surface area contributed by atoms with Gasteiger partial charge in [-0.1, -0.05) is 12.5 Å². The predicted molar refractivity (Wildman–Crippen MR) is 67.8 cm³/mol. The maximum atomic E-state index is 11.3. The number of unbranched alkanes of at least 4 members (excludes halogenated alkanes) is 2. The van der Waals surface area contributed by atoms with Crippen LogP contribution < -0.4 is 0 Å². The SMILES string of the molecule is O=C(O)/C=C/CCCC[C@H]1[C@@H](C(=O)O)[C@H]2CC[C@@H]1O2. The highest BCUT2D eigenvalue weighted by molar-refractivity contribution is 5.79. The second-order valence-corrected chi connectivity index (χ2v) is 5.34. The number of carboxylic acid groups (broad SMARTS) is 2. The fourth-order valence-electron chi connectivity index (χ4n) is 3.31. The quantitative estimate of drug-likeness (QED) is 0.545. The van der Waals surface area contributed by atoms with E-state index in [4.69, 9.17) is 9.84 Å². The number of carboxylic acids is 2. The minimum atomic E-state index is -0.924. The molecule has 19 heavy (non-hydrogen) atoms. The van der Waals surface area contributed by atoms with E-state index in [1.807, 2.05) is 0 Å². The molecule has 0 aromatic heterocycles. The third-order valence-electron chi connectivity index (χ3n) is 4.13. The molecule has 2 saturated heterocycles. The number of aliphatic carboxylic acids is 2. The van der Waals surface area contributed by atoms with Crippen LogP contribution in [0.3, 0.4) is 0 Å². The van der Waals surface area contributed by atoms with Crippen molar-refractivity contribution in [3.8, 4) is 0 Å². The zero-order chi connectivity index (χ0) is 13.8. The fourth-order valence-corrected chi connectivity index (χ4v) is 3.31. The highest BCUT2D eigenvalue weighted by atomic mass is 16.5. The van der Waals surface area contributed by atoms with Crippen LogP contribution in [0.5, 0.6) is 0 Å². The fraction of sp³-hybridized carbons (Fsp3) is 0.714. The summed E-state index contributed by atoms with van der Waals surface area (Å²) in [4.78, 5) is 21.5. The van der Waals surface area contributed by atoms with E-state index < -0.39 is 11.9 Å². The van der Waals surface area contributed by atoms with Crippen molar-refractivity contribution >= 4 is 11.9 Å². The first kappa shape index (κ1) is 14.1. The molecule has 5 heteroatoms. The third-order valence-corrected chi connectivity index (χ3v) is 4.13. The molecule has 2 rings (SSSR count).